The average molecular weight is 518 g/mol. The molecule has 0 aliphatic carbocycles. The second-order valence-corrected chi connectivity index (χ2v) is 9.43. The number of amides is 1. The van der Waals surface area contributed by atoms with E-state index in [2.05, 4.69) is 10.3 Å². The van der Waals surface area contributed by atoms with Crippen molar-refractivity contribution < 1.29 is 19.1 Å². The van der Waals surface area contributed by atoms with Crippen LogP contribution in [0.2, 0.25) is 5.02 Å². The van der Waals surface area contributed by atoms with E-state index in [4.69, 9.17) is 26.1 Å². The molecular formula is C27H20ClN3O4S. The summed E-state index contributed by atoms with van der Waals surface area (Å²) >= 11 is 7.49. The molecule has 2 heterocycles. The molecule has 1 N–H and O–H groups in total. The molecule has 0 saturated carbocycles. The van der Waals surface area contributed by atoms with Gasteiger partial charge >= 0.3 is 5.97 Å². The van der Waals surface area contributed by atoms with E-state index in [0.29, 0.717) is 43.6 Å². The lowest BCUT2D eigenvalue weighted by atomic mass is 9.98. The van der Waals surface area contributed by atoms with E-state index >= 15 is 0 Å². The summed E-state index contributed by atoms with van der Waals surface area (Å²) < 4.78 is 11.5. The van der Waals surface area contributed by atoms with Crippen molar-refractivity contribution in [3.05, 3.63) is 82.9 Å². The van der Waals surface area contributed by atoms with E-state index in [1.54, 1.807) is 25.3 Å². The van der Waals surface area contributed by atoms with E-state index in [0.717, 1.165) is 15.8 Å². The van der Waals surface area contributed by atoms with Gasteiger partial charge in [-0.05, 0) is 48.9 Å². The van der Waals surface area contributed by atoms with Crippen molar-refractivity contribution >= 4 is 61.1 Å². The van der Waals surface area contributed by atoms with Gasteiger partial charge in [-0.25, -0.2) is 14.8 Å². The summed E-state index contributed by atoms with van der Waals surface area (Å²) in [6.45, 7) is 1.35. The van der Waals surface area contributed by atoms with Crippen LogP contribution in [-0.2, 0) is 9.53 Å². The zero-order chi connectivity index (χ0) is 25.2. The van der Waals surface area contributed by atoms with Gasteiger partial charge in [0.25, 0.3) is 5.91 Å². The van der Waals surface area contributed by atoms with Crippen molar-refractivity contribution in [1.29, 1.82) is 0 Å². The number of esters is 1. The van der Waals surface area contributed by atoms with Crippen LogP contribution in [0.15, 0.2) is 66.7 Å². The highest BCUT2D eigenvalue weighted by atomic mass is 35.5. The molecule has 5 aromatic rings. The highest BCUT2D eigenvalue weighted by Crippen LogP contribution is 2.32. The predicted molar refractivity (Wildman–Crippen MR) is 142 cm³/mol. The number of hydrogen-bond donors (Lipinski definition) is 1. The van der Waals surface area contributed by atoms with Gasteiger partial charge in [0, 0.05) is 16.0 Å². The van der Waals surface area contributed by atoms with Gasteiger partial charge in [0.1, 0.15) is 5.75 Å². The molecule has 3 aromatic carbocycles. The Morgan fingerprint density at radius 2 is 1.83 bits per heavy atom. The lowest BCUT2D eigenvalue weighted by Crippen LogP contribution is -2.21. The van der Waals surface area contributed by atoms with Crippen LogP contribution in [0.1, 0.15) is 15.9 Å². The number of fused-ring (bicyclic) bond motifs is 2. The van der Waals surface area contributed by atoms with Gasteiger partial charge in [-0.15, -0.1) is 0 Å². The van der Waals surface area contributed by atoms with Crippen molar-refractivity contribution in [3.63, 3.8) is 0 Å². The summed E-state index contributed by atoms with van der Waals surface area (Å²) in [5.41, 5.74) is 3.78. The first-order chi connectivity index (χ1) is 17.4. The summed E-state index contributed by atoms with van der Waals surface area (Å²) in [5, 5.41) is 4.32. The number of anilines is 1. The largest absolute Gasteiger partial charge is 0.497 e. The fraction of sp³-hybridized carbons (Fsp3) is 0.111. The number of hydrogen-bond acceptors (Lipinski definition) is 7. The number of carbonyl (C=O) groups excluding carboxylic acids is 2. The highest BCUT2D eigenvalue weighted by Gasteiger charge is 2.21. The monoisotopic (exact) mass is 517 g/mol. The quantitative estimate of drug-likeness (QED) is 0.267. The summed E-state index contributed by atoms with van der Waals surface area (Å²) in [7, 11) is 1.59. The fourth-order valence-electron chi connectivity index (χ4n) is 3.93. The van der Waals surface area contributed by atoms with Crippen molar-refractivity contribution in [2.45, 2.75) is 6.92 Å². The summed E-state index contributed by atoms with van der Waals surface area (Å²) in [4.78, 5) is 34.9. The maximum atomic E-state index is 13.2. The molecule has 180 valence electrons. The molecule has 0 unspecified atom stereocenters. The number of thiazole rings is 1. The zero-order valence-corrected chi connectivity index (χ0v) is 20.9. The maximum Gasteiger partial charge on any atom is 0.339 e. The third kappa shape index (κ3) is 4.73. The van der Waals surface area contributed by atoms with Gasteiger partial charge in [-0.3, -0.25) is 10.1 Å². The Kier molecular flexibility index (Phi) is 6.54. The van der Waals surface area contributed by atoms with Crippen molar-refractivity contribution in [1.82, 2.24) is 9.97 Å². The Morgan fingerprint density at radius 1 is 1.00 bits per heavy atom. The van der Waals surface area contributed by atoms with Crippen LogP contribution < -0.4 is 10.1 Å². The predicted octanol–water partition coefficient (Wildman–Crippen LogP) is 6.28. The molecular weight excluding hydrogens is 498 g/mol. The van der Waals surface area contributed by atoms with E-state index in [1.807, 2.05) is 55.5 Å². The molecule has 0 aliphatic rings. The third-order valence-electron chi connectivity index (χ3n) is 5.61. The first-order valence-corrected chi connectivity index (χ1v) is 12.2. The lowest BCUT2D eigenvalue weighted by Gasteiger charge is -2.14. The molecule has 0 saturated heterocycles. The number of carbonyl (C=O) groups is 2. The number of benzene rings is 3. The number of pyridine rings is 1. The van der Waals surface area contributed by atoms with Gasteiger partial charge in [0.2, 0.25) is 0 Å². The molecule has 0 atom stereocenters. The molecule has 2 aromatic heterocycles. The highest BCUT2D eigenvalue weighted by molar-refractivity contribution is 7.22. The van der Waals surface area contributed by atoms with Crippen molar-refractivity contribution in [2.24, 2.45) is 0 Å². The fourth-order valence-corrected chi connectivity index (χ4v) is 5.03. The van der Waals surface area contributed by atoms with Crippen LogP contribution in [0.3, 0.4) is 0 Å². The number of nitrogens with zero attached hydrogens (tertiary/aromatic N) is 2. The number of halogens is 1. The van der Waals surface area contributed by atoms with E-state index in [-0.39, 0.29) is 0 Å². The normalized spacial score (nSPS) is 11.0. The van der Waals surface area contributed by atoms with E-state index < -0.39 is 18.5 Å². The smallest absolute Gasteiger partial charge is 0.339 e. The van der Waals surface area contributed by atoms with Crippen LogP contribution in [-0.4, -0.2) is 35.6 Å². The van der Waals surface area contributed by atoms with Crippen LogP contribution >= 0.6 is 22.9 Å². The Hall–Kier alpha value is -4.01. The summed E-state index contributed by atoms with van der Waals surface area (Å²) in [6, 6.07) is 20.1. The molecule has 0 bridgehead atoms. The molecule has 5 rings (SSSR count). The Labute approximate surface area is 215 Å². The van der Waals surface area contributed by atoms with Crippen LogP contribution in [0, 0.1) is 6.92 Å². The number of ether oxygens (including phenoxy) is 2. The lowest BCUT2D eigenvalue weighted by molar-refractivity contribution is -0.119. The molecule has 0 fully saturated rings. The molecule has 9 heteroatoms. The van der Waals surface area contributed by atoms with Gasteiger partial charge in [0.15, 0.2) is 11.7 Å². The van der Waals surface area contributed by atoms with Crippen molar-refractivity contribution in [3.8, 4) is 17.0 Å². The minimum Gasteiger partial charge on any atom is -0.497 e. The van der Waals surface area contributed by atoms with E-state index in [1.165, 1.54) is 11.3 Å². The van der Waals surface area contributed by atoms with Gasteiger partial charge < -0.3 is 9.47 Å². The number of aromatic nitrogens is 2. The number of rotatable bonds is 6. The second-order valence-electron chi connectivity index (χ2n) is 7.96. The molecule has 0 radical (unpaired) electrons. The Balaban J connectivity index is 1.38. The van der Waals surface area contributed by atoms with Gasteiger partial charge in [-0.1, -0.05) is 53.3 Å². The van der Waals surface area contributed by atoms with Crippen LogP contribution in [0.5, 0.6) is 5.75 Å². The third-order valence-corrected chi connectivity index (χ3v) is 6.78. The van der Waals surface area contributed by atoms with E-state index in [9.17, 15) is 9.59 Å². The Morgan fingerprint density at radius 3 is 2.64 bits per heavy atom. The number of nitrogens with one attached hydrogen (secondary N) is 1. The van der Waals surface area contributed by atoms with Crippen LogP contribution in [0.4, 0.5) is 5.13 Å². The Bertz CT molecular complexity index is 1630. The summed E-state index contributed by atoms with van der Waals surface area (Å²) in [5.74, 6) is -0.394. The minimum atomic E-state index is -0.612. The first kappa shape index (κ1) is 23.7. The second kappa shape index (κ2) is 9.93. The zero-order valence-electron chi connectivity index (χ0n) is 19.4. The van der Waals surface area contributed by atoms with Crippen LogP contribution in [0.25, 0.3) is 32.4 Å². The van der Waals surface area contributed by atoms with Gasteiger partial charge in [-0.2, -0.15) is 0 Å². The molecule has 7 nitrogen and oxygen atoms in total. The minimum absolute atomic E-state index is 0.357. The number of para-hydroxylation sites is 1. The van der Waals surface area contributed by atoms with Gasteiger partial charge in [0.05, 0.1) is 34.1 Å². The molecule has 0 spiro atoms. The average Bonchev–Trinajstić information content (AvgIpc) is 3.28. The topological polar surface area (TPSA) is 90.4 Å². The molecule has 0 aliphatic heterocycles. The summed E-state index contributed by atoms with van der Waals surface area (Å²) in [6.07, 6.45) is 0. The maximum absolute atomic E-state index is 13.2. The first-order valence-electron chi connectivity index (χ1n) is 11.0. The SMILES string of the molecule is COc1ccc2nc(NC(=O)COC(=O)c3c(C)c(-c4cccc(Cl)c4)nc4ccccc34)sc2c1. The molecule has 36 heavy (non-hydrogen) atoms. The standard InChI is InChI=1S/C27H20ClN3O4S/c1-15-24(19-8-3-4-9-20(19)29-25(15)16-6-5-7-17(28)12-16)26(33)35-14-23(32)31-27-30-21-11-10-18(34-2)13-22(21)36-27/h3-13H,14H2,1-2H3,(H,30,31,32). The van der Waals surface area contributed by atoms with Crippen molar-refractivity contribution in [2.75, 3.05) is 19.0 Å². The number of methoxy groups -OCH3 is 1. The molecule has 1 amide bonds.